The summed E-state index contributed by atoms with van der Waals surface area (Å²) < 4.78 is 51.7. The maximum absolute atomic E-state index is 9.19. The number of rotatable bonds is 2. The third kappa shape index (κ3) is 18.2. The van der Waals surface area contributed by atoms with Gasteiger partial charge in [-0.05, 0) is 24.3 Å². The van der Waals surface area contributed by atoms with Crippen molar-refractivity contribution in [1.82, 2.24) is 9.97 Å². The van der Waals surface area contributed by atoms with E-state index in [4.69, 9.17) is 21.3 Å². The van der Waals surface area contributed by atoms with Crippen LogP contribution in [0.2, 0.25) is 0 Å². The highest BCUT2D eigenvalue weighted by Crippen LogP contribution is 2.04. The fourth-order valence-corrected chi connectivity index (χ4v) is 1.34. The Kier molecular flexibility index (Phi) is 9.93. The summed E-state index contributed by atoms with van der Waals surface area (Å²) in [6, 6.07) is 11.2. The van der Waals surface area contributed by atoms with Crippen LogP contribution in [-0.4, -0.2) is 53.4 Å². The SMILES string of the molecule is CS(=O)(=O)O.CS(=O)(=O)O.S=C(Nc1ccccn1)c1ccccn1. The summed E-state index contributed by atoms with van der Waals surface area (Å²) in [5.41, 5.74) is 0.748. The van der Waals surface area contributed by atoms with Gasteiger partial charge < -0.3 is 5.32 Å². The second kappa shape index (κ2) is 10.8. The van der Waals surface area contributed by atoms with Gasteiger partial charge in [-0.3, -0.25) is 14.1 Å². The van der Waals surface area contributed by atoms with Crippen LogP contribution in [0.5, 0.6) is 0 Å². The lowest BCUT2D eigenvalue weighted by atomic mass is 10.3. The first-order chi connectivity index (χ1) is 11.4. The van der Waals surface area contributed by atoms with E-state index >= 15 is 0 Å². The normalized spacial score (nSPS) is 10.4. The molecule has 0 aromatic carbocycles. The number of anilines is 1. The Labute approximate surface area is 151 Å². The minimum absolute atomic E-state index is 0.578. The molecule has 0 spiro atoms. The molecule has 9 nitrogen and oxygen atoms in total. The number of aromatic nitrogens is 2. The van der Waals surface area contributed by atoms with Crippen LogP contribution in [0.15, 0.2) is 48.8 Å². The molecular formula is C13H17N3O6S3. The van der Waals surface area contributed by atoms with Crippen LogP contribution in [0.4, 0.5) is 5.82 Å². The Morgan fingerprint density at radius 2 is 1.36 bits per heavy atom. The number of thiocarbonyl (C=S) groups is 1. The highest BCUT2D eigenvalue weighted by molar-refractivity contribution is 7.85. The van der Waals surface area contributed by atoms with E-state index in [1.54, 1.807) is 12.4 Å². The lowest BCUT2D eigenvalue weighted by molar-refractivity contribution is 0.488. The standard InChI is InChI=1S/C11H9N3S.2CH4O3S/c15-11(9-5-1-3-7-12-9)14-10-6-2-4-8-13-10;2*1-5(2,3)4/h1-8H,(H,13,14,15);2*1H3,(H,2,3,4). The summed E-state index contributed by atoms with van der Waals surface area (Å²) in [7, 11) is -7.33. The molecular weight excluding hydrogens is 390 g/mol. The lowest BCUT2D eigenvalue weighted by Crippen LogP contribution is -2.12. The summed E-state index contributed by atoms with van der Waals surface area (Å²) in [4.78, 5) is 8.84. The van der Waals surface area contributed by atoms with Gasteiger partial charge in [-0.15, -0.1) is 0 Å². The van der Waals surface area contributed by atoms with E-state index in [0.717, 1.165) is 11.5 Å². The summed E-state index contributed by atoms with van der Waals surface area (Å²) in [6.45, 7) is 0. The highest BCUT2D eigenvalue weighted by Gasteiger charge is 2.01. The molecule has 3 N–H and O–H groups in total. The van der Waals surface area contributed by atoms with Crippen LogP contribution < -0.4 is 5.32 Å². The second-order valence-corrected chi connectivity index (χ2v) is 7.69. The first-order valence-electron chi connectivity index (χ1n) is 6.34. The van der Waals surface area contributed by atoms with Gasteiger partial charge in [-0.2, -0.15) is 16.8 Å². The molecule has 0 aliphatic rings. The lowest BCUT2D eigenvalue weighted by Gasteiger charge is -2.05. The van der Waals surface area contributed by atoms with Gasteiger partial charge in [-0.25, -0.2) is 4.98 Å². The van der Waals surface area contributed by atoms with Crippen molar-refractivity contribution in [2.45, 2.75) is 0 Å². The van der Waals surface area contributed by atoms with Crippen molar-refractivity contribution in [3.63, 3.8) is 0 Å². The second-order valence-electron chi connectivity index (χ2n) is 4.35. The number of nitrogens with one attached hydrogen (secondary N) is 1. The van der Waals surface area contributed by atoms with Crippen molar-refractivity contribution in [3.05, 3.63) is 54.5 Å². The fourth-order valence-electron chi connectivity index (χ4n) is 1.11. The smallest absolute Gasteiger partial charge is 0.261 e. The molecule has 12 heteroatoms. The minimum atomic E-state index is -3.67. The Morgan fingerprint density at radius 1 is 0.920 bits per heavy atom. The molecule has 0 fully saturated rings. The van der Waals surface area contributed by atoms with Gasteiger partial charge in [0.15, 0.2) is 0 Å². The largest absolute Gasteiger partial charge is 0.330 e. The molecule has 0 aliphatic carbocycles. The van der Waals surface area contributed by atoms with E-state index < -0.39 is 20.2 Å². The molecule has 138 valence electrons. The van der Waals surface area contributed by atoms with E-state index in [1.165, 1.54) is 0 Å². The molecule has 0 atom stereocenters. The van der Waals surface area contributed by atoms with Gasteiger partial charge in [0, 0.05) is 12.4 Å². The highest BCUT2D eigenvalue weighted by atomic mass is 32.2. The molecule has 0 saturated carbocycles. The number of hydrogen-bond acceptors (Lipinski definition) is 7. The summed E-state index contributed by atoms with van der Waals surface area (Å²) >= 11 is 5.19. The first kappa shape index (κ1) is 23.0. The van der Waals surface area contributed by atoms with Crippen LogP contribution in [0.1, 0.15) is 5.69 Å². The molecule has 0 saturated heterocycles. The van der Waals surface area contributed by atoms with E-state index in [2.05, 4.69) is 15.3 Å². The third-order valence-corrected chi connectivity index (χ3v) is 2.12. The molecule has 2 heterocycles. The third-order valence-electron chi connectivity index (χ3n) is 1.80. The number of nitrogens with zero attached hydrogens (tertiary/aromatic N) is 2. The predicted molar refractivity (Wildman–Crippen MR) is 98.7 cm³/mol. The van der Waals surface area contributed by atoms with E-state index in [0.29, 0.717) is 17.5 Å². The van der Waals surface area contributed by atoms with Crippen LogP contribution in [0.3, 0.4) is 0 Å². The molecule has 0 radical (unpaired) electrons. The average Bonchev–Trinajstić information content (AvgIpc) is 2.46. The summed E-state index contributed by atoms with van der Waals surface area (Å²) in [5, 5.41) is 3.02. The van der Waals surface area contributed by atoms with Crippen molar-refractivity contribution in [2.75, 3.05) is 17.8 Å². The number of hydrogen-bond donors (Lipinski definition) is 3. The quantitative estimate of drug-likeness (QED) is 0.491. The van der Waals surface area contributed by atoms with Gasteiger partial charge >= 0.3 is 0 Å². The molecule has 0 aliphatic heterocycles. The predicted octanol–water partition coefficient (Wildman–Crippen LogP) is 1.27. The monoisotopic (exact) mass is 407 g/mol. The Balaban J connectivity index is 0.000000480. The molecule has 2 aromatic rings. The van der Waals surface area contributed by atoms with Gasteiger partial charge in [0.2, 0.25) is 0 Å². The average molecular weight is 407 g/mol. The van der Waals surface area contributed by atoms with Crippen LogP contribution >= 0.6 is 12.2 Å². The molecule has 0 bridgehead atoms. The van der Waals surface area contributed by atoms with Gasteiger partial charge in [-0.1, -0.05) is 24.4 Å². The van der Waals surface area contributed by atoms with Crippen molar-refractivity contribution in [1.29, 1.82) is 0 Å². The molecule has 0 amide bonds. The number of pyridine rings is 2. The van der Waals surface area contributed by atoms with Gasteiger partial charge in [0.05, 0.1) is 18.2 Å². The van der Waals surface area contributed by atoms with Crippen molar-refractivity contribution in [3.8, 4) is 0 Å². The topological polar surface area (TPSA) is 147 Å². The van der Waals surface area contributed by atoms with Crippen molar-refractivity contribution >= 4 is 43.3 Å². The fraction of sp³-hybridized carbons (Fsp3) is 0.154. The van der Waals surface area contributed by atoms with Crippen LogP contribution in [-0.2, 0) is 20.2 Å². The maximum atomic E-state index is 9.19. The Bertz CT molecular complexity index is 810. The molecule has 25 heavy (non-hydrogen) atoms. The zero-order valence-corrected chi connectivity index (χ0v) is 15.7. The van der Waals surface area contributed by atoms with Crippen molar-refractivity contribution < 1.29 is 25.9 Å². The maximum Gasteiger partial charge on any atom is 0.261 e. The van der Waals surface area contributed by atoms with Crippen LogP contribution in [0.25, 0.3) is 0 Å². The van der Waals surface area contributed by atoms with E-state index in [9.17, 15) is 16.8 Å². The molecule has 2 aromatic heterocycles. The van der Waals surface area contributed by atoms with E-state index in [1.807, 2.05) is 36.4 Å². The first-order valence-corrected chi connectivity index (χ1v) is 10.4. The Hall–Kier alpha value is -1.99. The molecule has 2 rings (SSSR count). The zero-order valence-electron chi connectivity index (χ0n) is 13.3. The summed E-state index contributed by atoms with van der Waals surface area (Å²) in [6.07, 6.45) is 4.85. The molecule has 0 unspecified atom stereocenters. The Morgan fingerprint density at radius 3 is 1.72 bits per heavy atom. The van der Waals surface area contributed by atoms with Crippen LogP contribution in [0, 0.1) is 0 Å². The van der Waals surface area contributed by atoms with Gasteiger partial charge in [0.25, 0.3) is 20.2 Å². The summed E-state index contributed by atoms with van der Waals surface area (Å²) in [5.74, 6) is 0.730. The van der Waals surface area contributed by atoms with E-state index in [-0.39, 0.29) is 0 Å². The van der Waals surface area contributed by atoms with Crippen molar-refractivity contribution in [2.24, 2.45) is 0 Å². The minimum Gasteiger partial charge on any atom is -0.330 e. The van der Waals surface area contributed by atoms with Gasteiger partial charge in [0.1, 0.15) is 10.8 Å². The zero-order chi connectivity index (χ0) is 19.5.